The van der Waals surface area contributed by atoms with Gasteiger partial charge in [0.15, 0.2) is 17.3 Å². The molecule has 0 aliphatic heterocycles. The zero-order valence-corrected chi connectivity index (χ0v) is 13.8. The van der Waals surface area contributed by atoms with Crippen molar-refractivity contribution in [1.29, 1.82) is 0 Å². The van der Waals surface area contributed by atoms with Crippen molar-refractivity contribution in [2.75, 3.05) is 0 Å². The minimum atomic E-state index is -0.390. The summed E-state index contributed by atoms with van der Waals surface area (Å²) >= 11 is 0. The maximum absolute atomic E-state index is 14.1. The van der Waals surface area contributed by atoms with E-state index in [1.54, 1.807) is 24.7 Å². The van der Waals surface area contributed by atoms with E-state index in [9.17, 15) is 4.39 Å². The number of imidazole rings is 2. The highest BCUT2D eigenvalue weighted by Crippen LogP contribution is 2.21. The summed E-state index contributed by atoms with van der Waals surface area (Å²) in [5, 5.41) is 0. The van der Waals surface area contributed by atoms with Crippen molar-refractivity contribution in [3.63, 3.8) is 0 Å². The third kappa shape index (κ3) is 2.77. The summed E-state index contributed by atoms with van der Waals surface area (Å²) in [5.41, 5.74) is 1.96. The van der Waals surface area contributed by atoms with E-state index in [-0.39, 0.29) is 5.69 Å². The van der Waals surface area contributed by atoms with E-state index in [1.165, 1.54) is 6.07 Å². The summed E-state index contributed by atoms with van der Waals surface area (Å²) in [6, 6.07) is 6.78. The molecule has 4 aromatic rings. The Morgan fingerprint density at radius 1 is 1.04 bits per heavy atom. The minimum absolute atomic E-state index is 0.240. The maximum Gasteiger partial charge on any atom is 0.162 e. The highest BCUT2D eigenvalue weighted by atomic mass is 19.1. The lowest BCUT2D eigenvalue weighted by molar-refractivity contribution is 0.611. The van der Waals surface area contributed by atoms with Crippen molar-refractivity contribution in [1.82, 2.24) is 29.1 Å². The van der Waals surface area contributed by atoms with Crippen LogP contribution in [0, 0.1) is 5.82 Å². The third-order valence-electron chi connectivity index (χ3n) is 4.03. The van der Waals surface area contributed by atoms with E-state index >= 15 is 0 Å². The SMILES string of the molecule is CCCn1c(Cn2ccnc2-c2ncccc2F)nc2cccnc21. The molecule has 126 valence electrons. The van der Waals surface area contributed by atoms with E-state index in [1.807, 2.05) is 22.9 Å². The monoisotopic (exact) mass is 336 g/mol. The van der Waals surface area contributed by atoms with Crippen molar-refractivity contribution in [3.05, 3.63) is 60.7 Å². The van der Waals surface area contributed by atoms with Crippen LogP contribution in [0.3, 0.4) is 0 Å². The molecule has 6 nitrogen and oxygen atoms in total. The summed E-state index contributed by atoms with van der Waals surface area (Å²) in [5.74, 6) is 0.964. The predicted octanol–water partition coefficient (Wildman–Crippen LogP) is 3.29. The Hall–Kier alpha value is -3.09. The Kier molecular flexibility index (Phi) is 3.97. The van der Waals surface area contributed by atoms with Crippen molar-refractivity contribution in [2.24, 2.45) is 0 Å². The molecule has 0 atom stereocenters. The maximum atomic E-state index is 14.1. The summed E-state index contributed by atoms with van der Waals surface area (Å²) in [7, 11) is 0. The van der Waals surface area contributed by atoms with Crippen LogP contribution in [0.2, 0.25) is 0 Å². The summed E-state index contributed by atoms with van der Waals surface area (Å²) in [6.07, 6.45) is 7.77. The molecule has 4 heterocycles. The Balaban J connectivity index is 1.77. The molecule has 0 aliphatic rings. The molecule has 0 aliphatic carbocycles. The Morgan fingerprint density at radius 3 is 2.72 bits per heavy atom. The second kappa shape index (κ2) is 6.43. The lowest BCUT2D eigenvalue weighted by Gasteiger charge is -2.10. The second-order valence-corrected chi connectivity index (χ2v) is 5.74. The van der Waals surface area contributed by atoms with E-state index in [2.05, 4.69) is 26.4 Å². The first-order valence-corrected chi connectivity index (χ1v) is 8.20. The van der Waals surface area contributed by atoms with Gasteiger partial charge in [-0.15, -0.1) is 0 Å². The lowest BCUT2D eigenvalue weighted by Crippen LogP contribution is -2.10. The van der Waals surface area contributed by atoms with Crippen molar-refractivity contribution in [3.8, 4) is 11.5 Å². The van der Waals surface area contributed by atoms with Gasteiger partial charge in [-0.25, -0.2) is 24.3 Å². The van der Waals surface area contributed by atoms with Crippen molar-refractivity contribution >= 4 is 11.2 Å². The second-order valence-electron chi connectivity index (χ2n) is 5.74. The third-order valence-corrected chi connectivity index (χ3v) is 4.03. The zero-order valence-electron chi connectivity index (χ0n) is 13.8. The van der Waals surface area contributed by atoms with Crippen LogP contribution in [0.25, 0.3) is 22.7 Å². The molecule has 0 radical (unpaired) electrons. The Labute approximate surface area is 144 Å². The van der Waals surface area contributed by atoms with E-state index in [0.29, 0.717) is 12.4 Å². The molecule has 4 rings (SSSR count). The molecule has 0 fully saturated rings. The average molecular weight is 336 g/mol. The largest absolute Gasteiger partial charge is 0.322 e. The molecule has 0 saturated carbocycles. The molecule has 0 amide bonds. The van der Waals surface area contributed by atoms with E-state index < -0.39 is 5.82 Å². The minimum Gasteiger partial charge on any atom is -0.322 e. The molecule has 0 N–H and O–H groups in total. The first-order valence-electron chi connectivity index (χ1n) is 8.20. The molecule has 0 aromatic carbocycles. The highest BCUT2D eigenvalue weighted by Gasteiger charge is 2.16. The fourth-order valence-electron chi connectivity index (χ4n) is 2.94. The predicted molar refractivity (Wildman–Crippen MR) is 92.3 cm³/mol. The molecular weight excluding hydrogens is 319 g/mol. The quantitative estimate of drug-likeness (QED) is 0.561. The summed E-state index contributed by atoms with van der Waals surface area (Å²) < 4.78 is 18.1. The number of aryl methyl sites for hydroxylation is 1. The number of nitrogens with zero attached hydrogens (tertiary/aromatic N) is 6. The van der Waals surface area contributed by atoms with Gasteiger partial charge in [0, 0.05) is 31.3 Å². The van der Waals surface area contributed by atoms with E-state index in [4.69, 9.17) is 4.98 Å². The fraction of sp³-hybridized carbons (Fsp3) is 0.222. The Bertz CT molecular complexity index is 1020. The van der Waals surface area contributed by atoms with Crippen LogP contribution in [-0.2, 0) is 13.1 Å². The van der Waals surface area contributed by atoms with E-state index in [0.717, 1.165) is 30.0 Å². The number of halogens is 1. The van der Waals surface area contributed by atoms with Gasteiger partial charge in [-0.2, -0.15) is 0 Å². The zero-order chi connectivity index (χ0) is 17.2. The van der Waals surface area contributed by atoms with Gasteiger partial charge < -0.3 is 9.13 Å². The first-order chi connectivity index (χ1) is 12.3. The number of hydrogen-bond acceptors (Lipinski definition) is 4. The van der Waals surface area contributed by atoms with Gasteiger partial charge in [-0.05, 0) is 30.7 Å². The number of rotatable bonds is 5. The van der Waals surface area contributed by atoms with Crippen LogP contribution in [0.15, 0.2) is 49.1 Å². The molecule has 0 bridgehead atoms. The smallest absolute Gasteiger partial charge is 0.162 e. The normalized spacial score (nSPS) is 11.3. The van der Waals surface area contributed by atoms with Crippen LogP contribution < -0.4 is 0 Å². The van der Waals surface area contributed by atoms with Crippen molar-refractivity contribution in [2.45, 2.75) is 26.4 Å². The van der Waals surface area contributed by atoms with Crippen molar-refractivity contribution < 1.29 is 4.39 Å². The number of aromatic nitrogens is 6. The molecular formula is C18H17FN6. The first kappa shape index (κ1) is 15.4. The van der Waals surface area contributed by atoms with Crippen LogP contribution in [0.5, 0.6) is 0 Å². The molecule has 25 heavy (non-hydrogen) atoms. The summed E-state index contributed by atoms with van der Waals surface area (Å²) in [6.45, 7) is 3.41. The van der Waals surface area contributed by atoms with Gasteiger partial charge >= 0.3 is 0 Å². The molecule has 0 unspecified atom stereocenters. The fourth-order valence-corrected chi connectivity index (χ4v) is 2.94. The molecule has 7 heteroatoms. The Morgan fingerprint density at radius 2 is 1.88 bits per heavy atom. The molecule has 0 saturated heterocycles. The summed E-state index contributed by atoms with van der Waals surface area (Å²) in [4.78, 5) is 17.6. The van der Waals surface area contributed by atoms with Crippen LogP contribution in [0.4, 0.5) is 4.39 Å². The average Bonchev–Trinajstić information content (AvgIpc) is 3.21. The van der Waals surface area contributed by atoms with Crippen LogP contribution in [-0.4, -0.2) is 29.1 Å². The van der Waals surface area contributed by atoms with Crippen LogP contribution in [0.1, 0.15) is 19.2 Å². The van der Waals surface area contributed by atoms with Gasteiger partial charge in [0.2, 0.25) is 0 Å². The molecule has 0 spiro atoms. The van der Waals surface area contributed by atoms with Gasteiger partial charge in [-0.1, -0.05) is 6.92 Å². The number of fused-ring (bicyclic) bond motifs is 1. The van der Waals surface area contributed by atoms with Crippen LogP contribution >= 0.6 is 0 Å². The number of hydrogen-bond donors (Lipinski definition) is 0. The van der Waals surface area contributed by atoms with Gasteiger partial charge in [0.25, 0.3) is 0 Å². The highest BCUT2D eigenvalue weighted by molar-refractivity contribution is 5.71. The standard InChI is InChI=1S/C18H17FN6/c1-2-10-25-15(23-14-6-4-8-21-17(14)25)12-24-11-9-22-18(24)16-13(19)5-3-7-20-16/h3-9,11H,2,10,12H2,1H3. The van der Waals surface area contributed by atoms with Gasteiger partial charge in [0.1, 0.15) is 17.0 Å². The topological polar surface area (TPSA) is 61.4 Å². The van der Waals surface area contributed by atoms with Gasteiger partial charge in [0.05, 0.1) is 6.54 Å². The lowest BCUT2D eigenvalue weighted by atomic mass is 10.3. The van der Waals surface area contributed by atoms with Gasteiger partial charge in [-0.3, -0.25) is 0 Å². The number of pyridine rings is 2. The molecule has 4 aromatic heterocycles.